The monoisotopic (exact) mass is 399 g/mol. The Hall–Kier alpha value is -0.870. The number of nitrogens with one attached hydrogen (secondary N) is 1. The van der Waals surface area contributed by atoms with Gasteiger partial charge in [-0.3, -0.25) is 0 Å². The minimum atomic E-state index is -0.231. The van der Waals surface area contributed by atoms with Gasteiger partial charge < -0.3 is 5.32 Å². The second-order valence-electron chi connectivity index (χ2n) is 4.69. The van der Waals surface area contributed by atoms with Gasteiger partial charge in [-0.15, -0.1) is 0 Å². The molecule has 0 saturated carbocycles. The number of hydrogen-bond donors (Lipinski definition) is 1. The van der Waals surface area contributed by atoms with E-state index in [0.717, 1.165) is 26.6 Å². The summed E-state index contributed by atoms with van der Waals surface area (Å²) >= 11 is 6.91. The molecular formula is C16H16Br2FN. The molecule has 20 heavy (non-hydrogen) atoms. The molecule has 0 spiro atoms. The van der Waals surface area contributed by atoms with E-state index in [-0.39, 0.29) is 11.9 Å². The van der Waals surface area contributed by atoms with Gasteiger partial charge in [0.05, 0.1) is 0 Å². The fraction of sp³-hybridized carbons (Fsp3) is 0.250. The Balaban J connectivity index is 2.25. The average molecular weight is 401 g/mol. The number of halogens is 3. The third-order valence-corrected chi connectivity index (χ3v) is 4.43. The van der Waals surface area contributed by atoms with Crippen molar-refractivity contribution >= 4 is 37.5 Å². The van der Waals surface area contributed by atoms with Crippen LogP contribution in [-0.2, 0) is 6.42 Å². The first-order valence-corrected chi connectivity index (χ1v) is 8.09. The van der Waals surface area contributed by atoms with Crippen molar-refractivity contribution in [2.75, 3.05) is 5.32 Å². The van der Waals surface area contributed by atoms with Crippen LogP contribution in [0.3, 0.4) is 0 Å². The summed E-state index contributed by atoms with van der Waals surface area (Å²) in [6.07, 6.45) is 0.957. The van der Waals surface area contributed by atoms with Gasteiger partial charge in [-0.1, -0.05) is 44.8 Å². The molecule has 1 N–H and O–H groups in total. The van der Waals surface area contributed by atoms with Crippen molar-refractivity contribution in [2.45, 2.75) is 26.3 Å². The van der Waals surface area contributed by atoms with Gasteiger partial charge in [-0.25, -0.2) is 4.39 Å². The molecule has 0 amide bonds. The summed E-state index contributed by atoms with van der Waals surface area (Å²) in [6, 6.07) is 11.1. The molecule has 1 unspecified atom stereocenters. The second-order valence-corrected chi connectivity index (χ2v) is 6.46. The quantitative estimate of drug-likeness (QED) is 0.654. The van der Waals surface area contributed by atoms with E-state index in [9.17, 15) is 4.39 Å². The van der Waals surface area contributed by atoms with E-state index in [2.05, 4.69) is 63.2 Å². The number of anilines is 1. The third kappa shape index (κ3) is 3.61. The zero-order valence-electron chi connectivity index (χ0n) is 11.4. The molecule has 0 aliphatic carbocycles. The van der Waals surface area contributed by atoms with Crippen molar-refractivity contribution in [1.29, 1.82) is 0 Å². The van der Waals surface area contributed by atoms with Crippen LogP contribution in [0.2, 0.25) is 0 Å². The summed E-state index contributed by atoms with van der Waals surface area (Å²) in [5.74, 6) is -0.231. The Bertz CT molecular complexity index is 613. The van der Waals surface area contributed by atoms with Gasteiger partial charge in [0.15, 0.2) is 0 Å². The van der Waals surface area contributed by atoms with E-state index in [1.165, 1.54) is 17.7 Å². The van der Waals surface area contributed by atoms with Crippen LogP contribution in [0.1, 0.15) is 31.0 Å². The molecule has 1 atom stereocenters. The van der Waals surface area contributed by atoms with Crippen molar-refractivity contribution < 1.29 is 4.39 Å². The van der Waals surface area contributed by atoms with Crippen LogP contribution in [0.5, 0.6) is 0 Å². The van der Waals surface area contributed by atoms with Crippen LogP contribution in [0, 0.1) is 5.82 Å². The Morgan fingerprint density at radius 2 is 1.90 bits per heavy atom. The Kier molecular flexibility index (Phi) is 5.22. The van der Waals surface area contributed by atoms with Gasteiger partial charge in [-0.2, -0.15) is 0 Å². The first kappa shape index (κ1) is 15.5. The summed E-state index contributed by atoms with van der Waals surface area (Å²) in [5.41, 5.74) is 3.40. The predicted octanol–water partition coefficient (Wildman–Crippen LogP) is 6.09. The van der Waals surface area contributed by atoms with Gasteiger partial charge in [-0.05, 0) is 54.8 Å². The fourth-order valence-corrected chi connectivity index (χ4v) is 3.26. The second kappa shape index (κ2) is 6.72. The highest BCUT2D eigenvalue weighted by Crippen LogP contribution is 2.29. The fourth-order valence-electron chi connectivity index (χ4n) is 2.16. The third-order valence-electron chi connectivity index (χ3n) is 3.25. The molecule has 0 saturated heterocycles. The predicted molar refractivity (Wildman–Crippen MR) is 89.7 cm³/mol. The number of aryl methyl sites for hydroxylation is 1. The van der Waals surface area contributed by atoms with Gasteiger partial charge in [0.25, 0.3) is 0 Å². The lowest BCUT2D eigenvalue weighted by atomic mass is 10.1. The van der Waals surface area contributed by atoms with E-state index in [4.69, 9.17) is 0 Å². The molecule has 0 radical (unpaired) electrons. The average Bonchev–Trinajstić information content (AvgIpc) is 2.40. The zero-order valence-corrected chi connectivity index (χ0v) is 14.6. The minimum Gasteiger partial charge on any atom is -0.378 e. The number of benzene rings is 2. The van der Waals surface area contributed by atoms with Crippen LogP contribution in [-0.4, -0.2) is 0 Å². The van der Waals surface area contributed by atoms with Crippen LogP contribution >= 0.6 is 31.9 Å². The maximum absolute atomic E-state index is 13.1. The topological polar surface area (TPSA) is 12.0 Å². The highest BCUT2D eigenvalue weighted by molar-refractivity contribution is 9.10. The van der Waals surface area contributed by atoms with E-state index < -0.39 is 0 Å². The van der Waals surface area contributed by atoms with Crippen LogP contribution < -0.4 is 5.32 Å². The van der Waals surface area contributed by atoms with Crippen LogP contribution in [0.25, 0.3) is 0 Å². The Labute approximate surface area is 135 Å². The molecular weight excluding hydrogens is 385 g/mol. The Morgan fingerprint density at radius 3 is 2.55 bits per heavy atom. The van der Waals surface area contributed by atoms with E-state index >= 15 is 0 Å². The molecule has 0 fully saturated rings. The van der Waals surface area contributed by atoms with E-state index in [1.54, 1.807) is 0 Å². The molecule has 0 bridgehead atoms. The van der Waals surface area contributed by atoms with E-state index in [0.29, 0.717) is 0 Å². The maximum Gasteiger partial charge on any atom is 0.124 e. The van der Waals surface area contributed by atoms with Crippen molar-refractivity contribution in [3.8, 4) is 0 Å². The highest BCUT2D eigenvalue weighted by Gasteiger charge is 2.11. The molecule has 0 heterocycles. The molecule has 2 aromatic rings. The highest BCUT2D eigenvalue weighted by atomic mass is 79.9. The minimum absolute atomic E-state index is 0.0939. The van der Waals surface area contributed by atoms with Crippen molar-refractivity contribution in [3.63, 3.8) is 0 Å². The summed E-state index contributed by atoms with van der Waals surface area (Å²) in [6.45, 7) is 4.20. The molecule has 106 valence electrons. The summed E-state index contributed by atoms with van der Waals surface area (Å²) in [4.78, 5) is 0. The van der Waals surface area contributed by atoms with Gasteiger partial charge in [0, 0.05) is 20.7 Å². The zero-order chi connectivity index (χ0) is 14.7. The lowest BCUT2D eigenvalue weighted by Gasteiger charge is -2.19. The SMILES string of the molecule is CCc1cc(Br)ccc1NC(C)c1ccc(F)cc1Br. The molecule has 0 aliphatic rings. The first-order valence-electron chi connectivity index (χ1n) is 6.51. The van der Waals surface area contributed by atoms with Gasteiger partial charge >= 0.3 is 0 Å². The largest absolute Gasteiger partial charge is 0.378 e. The standard InChI is InChI=1S/C16H16Br2FN/c1-3-11-8-12(17)4-7-16(11)20-10(2)14-6-5-13(19)9-15(14)18/h4-10,20H,3H2,1-2H3. The summed E-state index contributed by atoms with van der Waals surface area (Å²) in [5, 5.41) is 3.49. The molecule has 1 nitrogen and oxygen atoms in total. The molecule has 0 aliphatic heterocycles. The molecule has 2 rings (SSSR count). The van der Waals surface area contributed by atoms with Gasteiger partial charge in [0.2, 0.25) is 0 Å². The van der Waals surface area contributed by atoms with E-state index in [1.807, 2.05) is 12.1 Å². The van der Waals surface area contributed by atoms with Gasteiger partial charge in [0.1, 0.15) is 5.82 Å². The van der Waals surface area contributed by atoms with Crippen molar-refractivity contribution in [1.82, 2.24) is 0 Å². The summed E-state index contributed by atoms with van der Waals surface area (Å²) in [7, 11) is 0. The smallest absolute Gasteiger partial charge is 0.124 e. The van der Waals surface area contributed by atoms with Crippen molar-refractivity contribution in [2.24, 2.45) is 0 Å². The number of hydrogen-bond acceptors (Lipinski definition) is 1. The molecule has 4 heteroatoms. The maximum atomic E-state index is 13.1. The van der Waals surface area contributed by atoms with Crippen molar-refractivity contribution in [3.05, 3.63) is 62.3 Å². The van der Waals surface area contributed by atoms with Crippen LogP contribution in [0.4, 0.5) is 10.1 Å². The Morgan fingerprint density at radius 1 is 1.15 bits per heavy atom. The normalized spacial score (nSPS) is 12.2. The molecule has 0 aromatic heterocycles. The molecule has 2 aromatic carbocycles. The summed E-state index contributed by atoms with van der Waals surface area (Å²) < 4.78 is 15.0. The lowest BCUT2D eigenvalue weighted by molar-refractivity contribution is 0.625. The first-order chi connectivity index (χ1) is 9.51. The lowest BCUT2D eigenvalue weighted by Crippen LogP contribution is -2.09. The van der Waals surface area contributed by atoms with Crippen LogP contribution in [0.15, 0.2) is 45.3 Å². The number of rotatable bonds is 4.